The van der Waals surface area contributed by atoms with Gasteiger partial charge >= 0.3 is 0 Å². The number of nitrogens with one attached hydrogen (secondary N) is 1. The number of benzene rings is 2. The lowest BCUT2D eigenvalue weighted by molar-refractivity contribution is -0.118. The summed E-state index contributed by atoms with van der Waals surface area (Å²) >= 11 is 7.51. The van der Waals surface area contributed by atoms with Gasteiger partial charge in [-0.15, -0.1) is 0 Å². The molecule has 0 bridgehead atoms. The Hall–Kier alpha value is -2.57. The topological polar surface area (TPSA) is 64.0 Å². The van der Waals surface area contributed by atoms with Crippen molar-refractivity contribution in [2.75, 3.05) is 6.54 Å². The normalized spacial score (nSPS) is 11.8. The third kappa shape index (κ3) is 5.71. The van der Waals surface area contributed by atoms with Gasteiger partial charge in [0.1, 0.15) is 0 Å². The fourth-order valence-electron chi connectivity index (χ4n) is 2.86. The van der Waals surface area contributed by atoms with Crippen molar-refractivity contribution in [1.29, 1.82) is 0 Å². The summed E-state index contributed by atoms with van der Waals surface area (Å²) in [4.78, 5) is 28.2. The molecule has 3 aromatic rings. The van der Waals surface area contributed by atoms with Crippen LogP contribution < -0.4 is 5.32 Å². The number of nitrogens with zero attached hydrogens (tertiary/aromatic N) is 2. The first-order valence-electron chi connectivity index (χ1n) is 9.27. The first kappa shape index (κ1) is 21.1. The molecule has 0 spiro atoms. The van der Waals surface area contributed by atoms with E-state index in [-0.39, 0.29) is 16.9 Å². The summed E-state index contributed by atoms with van der Waals surface area (Å²) in [6, 6.07) is 15.1. The van der Waals surface area contributed by atoms with Crippen molar-refractivity contribution in [3.8, 4) is 5.69 Å². The smallest absolute Gasteiger partial charge is 0.216 e. The predicted octanol–water partition coefficient (Wildman–Crippen LogP) is 4.57. The number of carbonyl (C=O) groups excluding carboxylic acids is 2. The fraction of sp³-hybridized carbons (Fsp3) is 0.227. The van der Waals surface area contributed by atoms with E-state index < -0.39 is 0 Å². The zero-order valence-corrected chi connectivity index (χ0v) is 17.8. The molecule has 0 aliphatic heterocycles. The van der Waals surface area contributed by atoms with Crippen molar-refractivity contribution in [1.82, 2.24) is 14.9 Å². The second-order valence-electron chi connectivity index (χ2n) is 6.61. The van der Waals surface area contributed by atoms with Crippen LogP contribution in [-0.4, -0.2) is 33.0 Å². The van der Waals surface area contributed by atoms with Crippen molar-refractivity contribution in [3.05, 3.63) is 77.1 Å². The van der Waals surface area contributed by atoms with Gasteiger partial charge in [-0.2, -0.15) is 0 Å². The van der Waals surface area contributed by atoms with Crippen LogP contribution in [0, 0.1) is 0 Å². The number of carbonyl (C=O) groups is 2. The Morgan fingerprint density at radius 3 is 2.66 bits per heavy atom. The Kier molecular flexibility index (Phi) is 7.12. The summed E-state index contributed by atoms with van der Waals surface area (Å²) in [6.45, 7) is 3.97. The van der Waals surface area contributed by atoms with Gasteiger partial charge in [-0.05, 0) is 37.1 Å². The third-order valence-corrected chi connectivity index (χ3v) is 5.69. The van der Waals surface area contributed by atoms with Crippen LogP contribution in [-0.2, 0) is 11.2 Å². The minimum atomic E-state index is -0.291. The summed E-state index contributed by atoms with van der Waals surface area (Å²) in [5.74, 6) is 0.00263. The van der Waals surface area contributed by atoms with E-state index in [0.717, 1.165) is 22.8 Å². The van der Waals surface area contributed by atoms with Crippen molar-refractivity contribution in [2.24, 2.45) is 0 Å². The van der Waals surface area contributed by atoms with E-state index in [2.05, 4.69) is 10.3 Å². The summed E-state index contributed by atoms with van der Waals surface area (Å²) in [5, 5.41) is 3.86. The Balaban J connectivity index is 1.66. The van der Waals surface area contributed by atoms with Crippen molar-refractivity contribution < 1.29 is 9.59 Å². The molecule has 2 aromatic carbocycles. The number of ketones is 1. The van der Waals surface area contributed by atoms with Crippen molar-refractivity contribution in [2.45, 2.75) is 30.7 Å². The molecule has 0 saturated heterocycles. The predicted molar refractivity (Wildman–Crippen MR) is 117 cm³/mol. The quantitative estimate of drug-likeness (QED) is 0.422. The van der Waals surface area contributed by atoms with Gasteiger partial charge in [0, 0.05) is 42.1 Å². The molecule has 0 radical (unpaired) electrons. The lowest BCUT2D eigenvalue weighted by atomic mass is 10.0. The molecule has 1 N–H and O–H groups in total. The maximum atomic E-state index is 12.9. The molecule has 1 heterocycles. The molecule has 1 atom stereocenters. The fourth-order valence-corrected chi connectivity index (χ4v) is 4.01. The van der Waals surface area contributed by atoms with E-state index in [1.165, 1.54) is 18.7 Å². The molecule has 0 aliphatic carbocycles. The van der Waals surface area contributed by atoms with Crippen LogP contribution in [0.3, 0.4) is 0 Å². The largest absolute Gasteiger partial charge is 0.356 e. The van der Waals surface area contributed by atoms with E-state index in [4.69, 9.17) is 11.6 Å². The van der Waals surface area contributed by atoms with Crippen LogP contribution in [0.4, 0.5) is 0 Å². The van der Waals surface area contributed by atoms with E-state index >= 15 is 0 Å². The highest BCUT2D eigenvalue weighted by atomic mass is 35.5. The molecule has 150 valence electrons. The van der Waals surface area contributed by atoms with Crippen LogP contribution in [0.1, 0.15) is 29.8 Å². The number of Topliss-reactive ketones (excluding diaryl/α,β-unsaturated/α-hetero) is 1. The molecule has 0 fully saturated rings. The highest BCUT2D eigenvalue weighted by Crippen LogP contribution is 2.27. The number of hydrogen-bond acceptors (Lipinski definition) is 4. The summed E-state index contributed by atoms with van der Waals surface area (Å²) in [5.41, 5.74) is 2.64. The molecular weight excluding hydrogens is 406 g/mol. The molecule has 0 saturated carbocycles. The summed E-state index contributed by atoms with van der Waals surface area (Å²) < 4.78 is 1.92. The van der Waals surface area contributed by atoms with Gasteiger partial charge < -0.3 is 5.32 Å². The Bertz CT molecular complexity index is 1000. The molecule has 1 unspecified atom stereocenters. The molecule has 0 aliphatic rings. The molecule has 7 heteroatoms. The number of rotatable bonds is 8. The van der Waals surface area contributed by atoms with Crippen LogP contribution in [0.25, 0.3) is 5.69 Å². The highest BCUT2D eigenvalue weighted by Gasteiger charge is 2.19. The molecule has 1 aromatic heterocycles. The van der Waals surface area contributed by atoms with Gasteiger partial charge in [-0.3, -0.25) is 14.2 Å². The Morgan fingerprint density at radius 2 is 1.97 bits per heavy atom. The van der Waals surface area contributed by atoms with Crippen molar-refractivity contribution in [3.63, 3.8) is 0 Å². The number of thioether (sulfide) groups is 1. The van der Waals surface area contributed by atoms with Gasteiger partial charge in [0.15, 0.2) is 10.9 Å². The SMILES string of the molecule is CC(=O)NCCc1ccc(C(=O)C(C)Sc2nccn2-c2cccc(Cl)c2)cc1. The number of aromatic nitrogens is 2. The molecule has 29 heavy (non-hydrogen) atoms. The van der Waals surface area contributed by atoms with Crippen LogP contribution in [0.5, 0.6) is 0 Å². The number of hydrogen-bond donors (Lipinski definition) is 1. The second kappa shape index (κ2) is 9.76. The van der Waals surface area contributed by atoms with Gasteiger partial charge in [-0.1, -0.05) is 53.7 Å². The summed E-state index contributed by atoms with van der Waals surface area (Å²) in [7, 11) is 0. The minimum Gasteiger partial charge on any atom is -0.356 e. The van der Waals surface area contributed by atoms with Crippen LogP contribution in [0.15, 0.2) is 66.1 Å². The molecule has 1 amide bonds. The maximum Gasteiger partial charge on any atom is 0.216 e. The average Bonchev–Trinajstić information content (AvgIpc) is 3.16. The minimum absolute atomic E-state index is 0.0428. The maximum absolute atomic E-state index is 12.9. The zero-order valence-electron chi connectivity index (χ0n) is 16.3. The van der Waals surface area contributed by atoms with Gasteiger partial charge in [0.2, 0.25) is 5.91 Å². The van der Waals surface area contributed by atoms with Gasteiger partial charge in [0.25, 0.3) is 0 Å². The average molecular weight is 428 g/mol. The van der Waals surface area contributed by atoms with Crippen LogP contribution in [0.2, 0.25) is 5.02 Å². The third-order valence-electron chi connectivity index (χ3n) is 4.37. The summed E-state index contributed by atoms with van der Waals surface area (Å²) in [6.07, 6.45) is 4.30. The Morgan fingerprint density at radius 1 is 1.21 bits per heavy atom. The van der Waals surface area contributed by atoms with Crippen molar-refractivity contribution >= 4 is 35.1 Å². The lowest BCUT2D eigenvalue weighted by Gasteiger charge is -2.13. The van der Waals surface area contributed by atoms with Gasteiger partial charge in [-0.25, -0.2) is 4.98 Å². The van der Waals surface area contributed by atoms with Crippen LogP contribution >= 0.6 is 23.4 Å². The van der Waals surface area contributed by atoms with E-state index in [1.807, 2.05) is 66.2 Å². The highest BCUT2D eigenvalue weighted by molar-refractivity contribution is 8.00. The molecular formula is C22H22ClN3O2S. The first-order valence-corrected chi connectivity index (χ1v) is 10.5. The number of imidazole rings is 1. The van der Waals surface area contributed by atoms with Gasteiger partial charge in [0.05, 0.1) is 5.25 Å². The monoisotopic (exact) mass is 427 g/mol. The lowest BCUT2D eigenvalue weighted by Crippen LogP contribution is -2.22. The first-order chi connectivity index (χ1) is 13.9. The zero-order chi connectivity index (χ0) is 20.8. The molecule has 3 rings (SSSR count). The number of amides is 1. The van der Waals surface area contributed by atoms with E-state index in [0.29, 0.717) is 17.1 Å². The number of halogens is 1. The van der Waals surface area contributed by atoms with E-state index in [1.54, 1.807) is 6.20 Å². The molecule has 5 nitrogen and oxygen atoms in total. The Labute approximate surface area is 179 Å². The standard InChI is InChI=1S/C22H22ClN3O2S/c1-15(21(28)18-8-6-17(7-9-18)10-11-24-16(2)27)29-22-25-12-13-26(22)20-5-3-4-19(23)14-20/h3-9,12-15H,10-11H2,1-2H3,(H,24,27). The van der Waals surface area contributed by atoms with E-state index in [9.17, 15) is 9.59 Å². The second-order valence-corrected chi connectivity index (χ2v) is 8.36.